The lowest BCUT2D eigenvalue weighted by molar-refractivity contribution is -0.138. The summed E-state index contributed by atoms with van der Waals surface area (Å²) < 4.78 is 12.2. The molecule has 0 N–H and O–H groups in total. The number of carbonyl (C=O) groups is 6. The molecular formula is C48H43N3O8. The highest BCUT2D eigenvalue weighted by Crippen LogP contribution is 2.62. The van der Waals surface area contributed by atoms with Crippen molar-refractivity contribution in [3.8, 4) is 23.0 Å². The van der Waals surface area contributed by atoms with Gasteiger partial charge in [0.25, 0.3) is 35.4 Å². The van der Waals surface area contributed by atoms with E-state index in [1.165, 1.54) is 29.0 Å². The molecule has 6 aliphatic rings. The molecule has 6 unspecified atom stereocenters. The maximum atomic E-state index is 13.7. The zero-order valence-electron chi connectivity index (χ0n) is 33.1. The Kier molecular flexibility index (Phi) is 8.52. The van der Waals surface area contributed by atoms with Crippen molar-refractivity contribution in [1.82, 2.24) is 14.7 Å². The van der Waals surface area contributed by atoms with Gasteiger partial charge in [-0.05, 0) is 133 Å². The summed E-state index contributed by atoms with van der Waals surface area (Å²) in [6.45, 7) is 5.15. The van der Waals surface area contributed by atoms with Crippen LogP contribution in [0.1, 0.15) is 92.1 Å². The Morgan fingerprint density at radius 3 is 1.61 bits per heavy atom. The summed E-state index contributed by atoms with van der Waals surface area (Å²) in [6, 6.07) is 25.6. The molecule has 4 aromatic carbocycles. The molecule has 6 atom stereocenters. The summed E-state index contributed by atoms with van der Waals surface area (Å²) in [6.07, 6.45) is 6.85. The van der Waals surface area contributed by atoms with E-state index in [1.807, 2.05) is 48.5 Å². The van der Waals surface area contributed by atoms with Crippen LogP contribution in [0.3, 0.4) is 0 Å². The Bertz CT molecular complexity index is 2510. The van der Waals surface area contributed by atoms with Crippen molar-refractivity contribution in [2.75, 3.05) is 20.1 Å². The van der Waals surface area contributed by atoms with Crippen molar-refractivity contribution in [2.45, 2.75) is 44.9 Å². The summed E-state index contributed by atoms with van der Waals surface area (Å²) in [5, 5.41) is 0. The number of benzene rings is 4. The summed E-state index contributed by atoms with van der Waals surface area (Å²) >= 11 is 0. The first-order valence-electron chi connectivity index (χ1n) is 20.4. The van der Waals surface area contributed by atoms with Crippen LogP contribution in [0.5, 0.6) is 23.0 Å². The van der Waals surface area contributed by atoms with Crippen molar-refractivity contribution < 1.29 is 38.2 Å². The minimum atomic E-state index is -0.364. The summed E-state index contributed by atoms with van der Waals surface area (Å²) in [5.74, 6) is 3.19. The molecule has 3 aliphatic carbocycles. The lowest BCUT2D eigenvalue weighted by Gasteiger charge is -2.33. The zero-order valence-corrected chi connectivity index (χ0v) is 33.1. The highest BCUT2D eigenvalue weighted by molar-refractivity contribution is 6.22. The predicted molar refractivity (Wildman–Crippen MR) is 215 cm³/mol. The Morgan fingerprint density at radius 1 is 0.525 bits per heavy atom. The van der Waals surface area contributed by atoms with Crippen LogP contribution in [0.4, 0.5) is 0 Å². The lowest BCUT2D eigenvalue weighted by atomic mass is 9.75. The normalized spacial score (nSPS) is 25.4. The standard InChI is InChI=1S/C48H43N3O8/c1-48(2,29-4-8-31(9-5-29)58-33-12-14-35-40(22-33)45(55)49(3)44(35)54)30-6-10-32(11-7-30)59-34-13-15-36-41(23-34)47(57)51(46(36)56)24-26-18-37-27-20-28(38(21-27)39(37)19-26)25-50-42(52)16-17-43(50)53/h4-17,22-23,26-28,37-39H,18-21,24-25H2,1-3H3. The number of hydrogen-bond acceptors (Lipinski definition) is 8. The van der Waals surface area contributed by atoms with Crippen LogP contribution in [-0.2, 0) is 15.0 Å². The molecule has 3 saturated carbocycles. The van der Waals surface area contributed by atoms with Gasteiger partial charge in [-0.3, -0.25) is 43.5 Å². The molecule has 11 heteroatoms. The second kappa shape index (κ2) is 13.6. The van der Waals surface area contributed by atoms with Gasteiger partial charge in [-0.2, -0.15) is 0 Å². The minimum Gasteiger partial charge on any atom is -0.457 e. The molecule has 0 radical (unpaired) electrons. The third-order valence-electron chi connectivity index (χ3n) is 14.1. The van der Waals surface area contributed by atoms with Crippen molar-refractivity contribution in [3.63, 3.8) is 0 Å². The maximum Gasteiger partial charge on any atom is 0.261 e. The van der Waals surface area contributed by atoms with Crippen LogP contribution in [0.15, 0.2) is 97.1 Å². The van der Waals surface area contributed by atoms with Crippen LogP contribution in [-0.4, -0.2) is 70.3 Å². The number of ether oxygens (including phenoxy) is 2. The molecule has 10 rings (SSSR count). The molecule has 3 fully saturated rings. The topological polar surface area (TPSA) is 131 Å². The van der Waals surface area contributed by atoms with E-state index in [-0.39, 0.29) is 46.8 Å². The molecule has 2 bridgehead atoms. The van der Waals surface area contributed by atoms with E-state index in [4.69, 9.17) is 9.47 Å². The van der Waals surface area contributed by atoms with Crippen molar-refractivity contribution in [2.24, 2.45) is 35.5 Å². The number of fused-ring (bicyclic) bond motifs is 7. The third-order valence-corrected chi connectivity index (χ3v) is 14.1. The summed E-state index contributed by atoms with van der Waals surface area (Å²) in [4.78, 5) is 80.2. The Labute approximate surface area is 341 Å². The van der Waals surface area contributed by atoms with E-state index in [9.17, 15) is 28.8 Å². The van der Waals surface area contributed by atoms with Gasteiger partial charge >= 0.3 is 0 Å². The lowest BCUT2D eigenvalue weighted by Crippen LogP contribution is -2.38. The minimum absolute atomic E-state index is 0.216. The van der Waals surface area contributed by atoms with E-state index in [2.05, 4.69) is 13.8 Å². The molecule has 6 amide bonds. The van der Waals surface area contributed by atoms with Crippen LogP contribution < -0.4 is 9.47 Å². The Morgan fingerprint density at radius 2 is 1.02 bits per heavy atom. The molecule has 3 heterocycles. The zero-order chi connectivity index (χ0) is 40.9. The van der Waals surface area contributed by atoms with Gasteiger partial charge in [-0.25, -0.2) is 0 Å². The smallest absolute Gasteiger partial charge is 0.261 e. The van der Waals surface area contributed by atoms with E-state index >= 15 is 0 Å². The third kappa shape index (κ3) is 6.08. The van der Waals surface area contributed by atoms with Gasteiger partial charge in [0, 0.05) is 37.7 Å². The molecular weight excluding hydrogens is 747 g/mol. The average Bonchev–Trinajstić information content (AvgIpc) is 4.07. The second-order valence-electron chi connectivity index (χ2n) is 17.6. The van der Waals surface area contributed by atoms with Gasteiger partial charge in [0.15, 0.2) is 0 Å². The number of imide groups is 3. The fraction of sp³-hybridized carbons (Fsp3) is 0.333. The van der Waals surface area contributed by atoms with Crippen LogP contribution in [0.25, 0.3) is 0 Å². The fourth-order valence-corrected chi connectivity index (χ4v) is 11.0. The van der Waals surface area contributed by atoms with Crippen LogP contribution in [0.2, 0.25) is 0 Å². The SMILES string of the molecule is CN1C(=O)c2ccc(Oc3ccc(C(C)(C)c4ccc(Oc5ccc6c(c5)C(=O)N(CC5CC7C8CC(CN9C(=O)C=CC9=O)C(C8)C7C5)C6=O)cc4)cc3)cc2C1=O. The molecule has 3 aliphatic heterocycles. The second-order valence-corrected chi connectivity index (χ2v) is 17.6. The molecule has 59 heavy (non-hydrogen) atoms. The maximum absolute atomic E-state index is 13.7. The van der Waals surface area contributed by atoms with Gasteiger partial charge < -0.3 is 9.47 Å². The largest absolute Gasteiger partial charge is 0.457 e. The highest BCUT2D eigenvalue weighted by atomic mass is 16.5. The molecule has 4 aromatic rings. The van der Waals surface area contributed by atoms with Crippen LogP contribution >= 0.6 is 0 Å². The quantitative estimate of drug-likeness (QED) is 0.150. The van der Waals surface area contributed by atoms with E-state index in [1.54, 1.807) is 36.4 Å². The number of amides is 6. The predicted octanol–water partition coefficient (Wildman–Crippen LogP) is 7.64. The monoisotopic (exact) mass is 789 g/mol. The molecule has 298 valence electrons. The number of carbonyl (C=O) groups excluding carboxylic acids is 6. The summed E-state index contributed by atoms with van der Waals surface area (Å²) in [7, 11) is 1.47. The molecule has 0 aromatic heterocycles. The summed E-state index contributed by atoms with van der Waals surface area (Å²) in [5.41, 5.74) is 3.22. The van der Waals surface area contributed by atoms with E-state index in [0.29, 0.717) is 87.9 Å². The van der Waals surface area contributed by atoms with E-state index in [0.717, 1.165) is 41.7 Å². The Balaban J connectivity index is 0.757. The molecule has 0 saturated heterocycles. The van der Waals surface area contributed by atoms with Crippen molar-refractivity contribution in [1.29, 1.82) is 0 Å². The molecule has 11 nitrogen and oxygen atoms in total. The first kappa shape index (κ1) is 36.9. The number of rotatable bonds is 10. The van der Waals surface area contributed by atoms with E-state index < -0.39 is 0 Å². The van der Waals surface area contributed by atoms with Gasteiger partial charge in [0.2, 0.25) is 0 Å². The van der Waals surface area contributed by atoms with Gasteiger partial charge in [-0.15, -0.1) is 0 Å². The van der Waals surface area contributed by atoms with Gasteiger partial charge in [-0.1, -0.05) is 38.1 Å². The van der Waals surface area contributed by atoms with Crippen molar-refractivity contribution in [3.05, 3.63) is 130 Å². The highest BCUT2D eigenvalue weighted by Gasteiger charge is 2.57. The average molecular weight is 790 g/mol. The van der Waals surface area contributed by atoms with Gasteiger partial charge in [0.05, 0.1) is 22.3 Å². The fourth-order valence-electron chi connectivity index (χ4n) is 11.0. The molecule has 0 spiro atoms. The first-order chi connectivity index (χ1) is 28.3. The number of nitrogens with zero attached hydrogens (tertiary/aromatic N) is 3. The van der Waals surface area contributed by atoms with Gasteiger partial charge in [0.1, 0.15) is 23.0 Å². The first-order valence-corrected chi connectivity index (χ1v) is 20.4. The number of hydrogen-bond donors (Lipinski definition) is 0. The van der Waals surface area contributed by atoms with Crippen LogP contribution in [0, 0.1) is 35.5 Å². The van der Waals surface area contributed by atoms with Crippen molar-refractivity contribution >= 4 is 35.4 Å². The Hall–Kier alpha value is -6.36.